The van der Waals surface area contributed by atoms with Gasteiger partial charge in [-0.05, 0) is 27.2 Å². The van der Waals surface area contributed by atoms with E-state index in [1.165, 1.54) is 24.2 Å². The normalized spacial score (nSPS) is 11.4. The van der Waals surface area contributed by atoms with Gasteiger partial charge in [0, 0.05) is 20.0 Å². The standard InChI is InChI=1S/C22H43NO7/c1-6-7-8-9-10-11-20(24)29-19-18-28-17-16-27-15-14-26-13-12-23(5)21(25)30-22(2,3)4/h6-19H2,1-5H3. The summed E-state index contributed by atoms with van der Waals surface area (Å²) in [5, 5.41) is 0. The van der Waals surface area contributed by atoms with Crippen LogP contribution in [-0.2, 0) is 28.5 Å². The van der Waals surface area contributed by atoms with Gasteiger partial charge in [-0.2, -0.15) is 0 Å². The minimum absolute atomic E-state index is 0.152. The third-order valence-electron chi connectivity index (χ3n) is 4.00. The van der Waals surface area contributed by atoms with E-state index >= 15 is 0 Å². The van der Waals surface area contributed by atoms with E-state index < -0.39 is 5.60 Å². The molecule has 0 spiro atoms. The Kier molecular flexibility index (Phi) is 17.5. The van der Waals surface area contributed by atoms with Crippen molar-refractivity contribution in [3.63, 3.8) is 0 Å². The van der Waals surface area contributed by atoms with Crippen molar-refractivity contribution < 1.29 is 33.3 Å². The molecule has 0 aromatic carbocycles. The molecule has 8 nitrogen and oxygen atoms in total. The Morgan fingerprint density at radius 3 is 1.87 bits per heavy atom. The fourth-order valence-electron chi connectivity index (χ4n) is 2.33. The fraction of sp³-hybridized carbons (Fsp3) is 0.909. The fourth-order valence-corrected chi connectivity index (χ4v) is 2.33. The summed E-state index contributed by atoms with van der Waals surface area (Å²) in [6.07, 6.45) is 5.71. The van der Waals surface area contributed by atoms with Crippen LogP contribution in [0.15, 0.2) is 0 Å². The van der Waals surface area contributed by atoms with Crippen LogP contribution in [0.3, 0.4) is 0 Å². The zero-order valence-corrected chi connectivity index (χ0v) is 19.7. The third-order valence-corrected chi connectivity index (χ3v) is 4.00. The Morgan fingerprint density at radius 1 is 0.767 bits per heavy atom. The lowest BCUT2D eigenvalue weighted by Crippen LogP contribution is -2.36. The summed E-state index contributed by atoms with van der Waals surface area (Å²) in [4.78, 5) is 24.8. The van der Waals surface area contributed by atoms with Gasteiger partial charge in [0.1, 0.15) is 12.2 Å². The number of carbonyl (C=O) groups is 2. The Morgan fingerprint density at radius 2 is 1.30 bits per heavy atom. The molecule has 0 bridgehead atoms. The molecule has 8 heteroatoms. The lowest BCUT2D eigenvalue weighted by molar-refractivity contribution is -0.145. The molecule has 0 rings (SSSR count). The average molecular weight is 434 g/mol. The molecule has 0 saturated carbocycles. The molecule has 0 fully saturated rings. The van der Waals surface area contributed by atoms with Gasteiger partial charge in [0.2, 0.25) is 0 Å². The maximum Gasteiger partial charge on any atom is 0.410 e. The molecule has 0 saturated heterocycles. The minimum atomic E-state index is -0.502. The molecule has 0 atom stereocenters. The van der Waals surface area contributed by atoms with Crippen LogP contribution in [-0.4, -0.2) is 82.4 Å². The van der Waals surface area contributed by atoms with Gasteiger partial charge >= 0.3 is 12.1 Å². The molecule has 0 radical (unpaired) electrons. The SMILES string of the molecule is CCCCCCCC(=O)OCCOCCOCCOCCN(C)C(=O)OC(C)(C)C. The second-order valence-electron chi connectivity index (χ2n) is 8.12. The molecular weight excluding hydrogens is 390 g/mol. The number of carbonyl (C=O) groups excluding carboxylic acids is 2. The summed E-state index contributed by atoms with van der Waals surface area (Å²) in [5.74, 6) is -0.152. The predicted octanol–water partition coefficient (Wildman–Crippen LogP) is 3.81. The molecule has 30 heavy (non-hydrogen) atoms. The average Bonchev–Trinajstić information content (AvgIpc) is 2.67. The Balaban J connectivity index is 3.35. The number of nitrogens with zero attached hydrogens (tertiary/aromatic N) is 1. The Bertz CT molecular complexity index is 438. The summed E-state index contributed by atoms with van der Waals surface area (Å²) in [7, 11) is 1.68. The largest absolute Gasteiger partial charge is 0.463 e. The van der Waals surface area contributed by atoms with E-state index in [9.17, 15) is 9.59 Å². The van der Waals surface area contributed by atoms with Crippen LogP contribution >= 0.6 is 0 Å². The molecule has 0 N–H and O–H groups in total. The van der Waals surface area contributed by atoms with Gasteiger partial charge in [-0.3, -0.25) is 4.79 Å². The van der Waals surface area contributed by atoms with Gasteiger partial charge in [0.15, 0.2) is 0 Å². The van der Waals surface area contributed by atoms with Crippen molar-refractivity contribution in [3.8, 4) is 0 Å². The summed E-state index contributed by atoms with van der Waals surface area (Å²) in [6, 6.07) is 0. The van der Waals surface area contributed by atoms with Crippen molar-refractivity contribution in [2.24, 2.45) is 0 Å². The molecule has 0 aliphatic carbocycles. The van der Waals surface area contributed by atoms with Crippen LogP contribution in [0.25, 0.3) is 0 Å². The number of rotatable bonds is 18. The second-order valence-corrected chi connectivity index (χ2v) is 8.12. The van der Waals surface area contributed by atoms with E-state index in [-0.39, 0.29) is 18.7 Å². The molecular formula is C22H43NO7. The molecule has 0 aliphatic heterocycles. The lowest BCUT2D eigenvalue weighted by Gasteiger charge is -2.24. The summed E-state index contributed by atoms with van der Waals surface area (Å²) < 4.78 is 26.6. The van der Waals surface area contributed by atoms with Crippen LogP contribution in [0, 0.1) is 0 Å². The van der Waals surface area contributed by atoms with Gasteiger partial charge in [-0.25, -0.2) is 4.79 Å². The van der Waals surface area contributed by atoms with Crippen molar-refractivity contribution >= 4 is 12.1 Å². The topological polar surface area (TPSA) is 83.5 Å². The monoisotopic (exact) mass is 433 g/mol. The van der Waals surface area contributed by atoms with Gasteiger partial charge in [0.05, 0.1) is 39.6 Å². The third kappa shape index (κ3) is 19.9. The highest BCUT2D eigenvalue weighted by Gasteiger charge is 2.19. The van der Waals surface area contributed by atoms with Crippen molar-refractivity contribution in [3.05, 3.63) is 0 Å². The number of likely N-dealkylation sites (N-methyl/N-ethyl adjacent to an activating group) is 1. The number of hydrogen-bond acceptors (Lipinski definition) is 7. The van der Waals surface area contributed by atoms with E-state index in [1.54, 1.807) is 7.05 Å². The Labute approximate surface area is 182 Å². The number of esters is 1. The van der Waals surface area contributed by atoms with E-state index in [0.29, 0.717) is 52.6 Å². The van der Waals surface area contributed by atoms with E-state index in [0.717, 1.165) is 12.8 Å². The van der Waals surface area contributed by atoms with Crippen LogP contribution in [0.5, 0.6) is 0 Å². The molecule has 1 amide bonds. The molecule has 0 aliphatic rings. The van der Waals surface area contributed by atoms with Crippen molar-refractivity contribution in [1.82, 2.24) is 4.90 Å². The maximum atomic E-state index is 11.8. The molecule has 0 aromatic heterocycles. The first-order valence-corrected chi connectivity index (χ1v) is 11.1. The van der Waals surface area contributed by atoms with E-state index in [2.05, 4.69) is 6.92 Å². The second kappa shape index (κ2) is 18.4. The maximum absolute atomic E-state index is 11.8. The highest BCUT2D eigenvalue weighted by atomic mass is 16.6. The van der Waals surface area contributed by atoms with Crippen molar-refractivity contribution in [2.45, 2.75) is 71.8 Å². The van der Waals surface area contributed by atoms with Gasteiger partial charge in [-0.15, -0.1) is 0 Å². The lowest BCUT2D eigenvalue weighted by atomic mass is 10.1. The minimum Gasteiger partial charge on any atom is -0.463 e. The predicted molar refractivity (Wildman–Crippen MR) is 116 cm³/mol. The molecule has 0 aromatic rings. The highest BCUT2D eigenvalue weighted by molar-refractivity contribution is 5.69. The number of unbranched alkanes of at least 4 members (excludes halogenated alkanes) is 4. The molecule has 0 unspecified atom stereocenters. The molecule has 178 valence electrons. The zero-order valence-electron chi connectivity index (χ0n) is 19.7. The van der Waals surface area contributed by atoms with E-state index in [4.69, 9.17) is 23.7 Å². The van der Waals surface area contributed by atoms with Crippen molar-refractivity contribution in [1.29, 1.82) is 0 Å². The van der Waals surface area contributed by atoms with Crippen LogP contribution in [0.2, 0.25) is 0 Å². The van der Waals surface area contributed by atoms with Crippen LogP contribution in [0.4, 0.5) is 4.79 Å². The summed E-state index contributed by atoms with van der Waals surface area (Å²) >= 11 is 0. The van der Waals surface area contributed by atoms with Gasteiger partial charge in [-0.1, -0.05) is 32.6 Å². The molecule has 0 heterocycles. The summed E-state index contributed by atoms with van der Waals surface area (Å²) in [6.45, 7) is 11.0. The first kappa shape index (κ1) is 28.6. The van der Waals surface area contributed by atoms with Gasteiger partial charge in [0.25, 0.3) is 0 Å². The van der Waals surface area contributed by atoms with Gasteiger partial charge < -0.3 is 28.6 Å². The smallest absolute Gasteiger partial charge is 0.410 e. The Hall–Kier alpha value is -1.38. The first-order chi connectivity index (χ1) is 14.3. The quantitative estimate of drug-likeness (QED) is 0.240. The number of amides is 1. The van der Waals surface area contributed by atoms with Crippen LogP contribution < -0.4 is 0 Å². The highest BCUT2D eigenvalue weighted by Crippen LogP contribution is 2.08. The number of ether oxygens (including phenoxy) is 5. The zero-order chi connectivity index (χ0) is 22.7. The van der Waals surface area contributed by atoms with E-state index in [1.807, 2.05) is 20.8 Å². The van der Waals surface area contributed by atoms with Crippen molar-refractivity contribution in [2.75, 3.05) is 59.8 Å². The summed E-state index contributed by atoms with van der Waals surface area (Å²) in [5.41, 5.74) is -0.502. The first-order valence-electron chi connectivity index (χ1n) is 11.1. The van der Waals surface area contributed by atoms with Crippen LogP contribution in [0.1, 0.15) is 66.2 Å². The number of hydrogen-bond donors (Lipinski definition) is 0.